The lowest BCUT2D eigenvalue weighted by atomic mass is 9.99. The van der Waals surface area contributed by atoms with Gasteiger partial charge in [0.1, 0.15) is 12.0 Å². The minimum Gasteiger partial charge on any atom is -0.398 e. The molecule has 1 heterocycles. The number of hydrogen-bond acceptors (Lipinski definition) is 6. The van der Waals surface area contributed by atoms with Crippen LogP contribution in [0.3, 0.4) is 0 Å². The van der Waals surface area contributed by atoms with Gasteiger partial charge in [0.15, 0.2) is 0 Å². The van der Waals surface area contributed by atoms with Gasteiger partial charge in [0.2, 0.25) is 11.8 Å². The van der Waals surface area contributed by atoms with Gasteiger partial charge >= 0.3 is 0 Å². The van der Waals surface area contributed by atoms with Crippen molar-refractivity contribution in [3.8, 4) is 0 Å². The number of nitrogens with two attached hydrogens (primary N) is 1. The minimum absolute atomic E-state index is 0.131. The number of carbonyl (C=O) groups excluding carboxylic acids is 4. The van der Waals surface area contributed by atoms with Crippen LogP contribution < -0.4 is 21.7 Å². The summed E-state index contributed by atoms with van der Waals surface area (Å²) in [5.41, 5.74) is 7.23. The SMILES string of the molecule is Cc1ccccc1.N=C(C(=O)NCC(=O)NC(C=O)CC1CCNC1=O)c1ccccc1N. The van der Waals surface area contributed by atoms with Crippen LogP contribution in [0.15, 0.2) is 54.6 Å². The molecule has 0 spiro atoms. The maximum atomic E-state index is 12.0. The number of aldehydes is 1. The Bertz CT molecular complexity index is 993. The second-order valence-corrected chi connectivity index (χ2v) is 7.62. The molecule has 174 valence electrons. The molecule has 0 aliphatic carbocycles. The summed E-state index contributed by atoms with van der Waals surface area (Å²) in [4.78, 5) is 46.6. The smallest absolute Gasteiger partial charge is 0.270 e. The number of nitrogens with one attached hydrogen (secondary N) is 4. The Morgan fingerprint density at radius 2 is 1.85 bits per heavy atom. The van der Waals surface area contributed by atoms with Gasteiger partial charge in [0, 0.05) is 23.7 Å². The van der Waals surface area contributed by atoms with Crippen LogP contribution in [0.5, 0.6) is 0 Å². The van der Waals surface area contributed by atoms with Crippen molar-refractivity contribution in [2.45, 2.75) is 25.8 Å². The molecule has 1 aliphatic heterocycles. The fraction of sp³-hybridized carbons (Fsp3) is 0.292. The number of nitrogen functional groups attached to an aromatic ring is 1. The zero-order chi connectivity index (χ0) is 24.2. The summed E-state index contributed by atoms with van der Waals surface area (Å²) >= 11 is 0. The zero-order valence-corrected chi connectivity index (χ0v) is 18.5. The summed E-state index contributed by atoms with van der Waals surface area (Å²) in [6.07, 6.45) is 1.40. The van der Waals surface area contributed by atoms with E-state index in [9.17, 15) is 19.2 Å². The van der Waals surface area contributed by atoms with Gasteiger partial charge in [-0.25, -0.2) is 0 Å². The number of amides is 3. The Kier molecular flexibility index (Phi) is 9.76. The maximum Gasteiger partial charge on any atom is 0.270 e. The standard InChI is InChI=1S/C17H21N5O4.C7H8/c18-13-4-2-1-3-12(13)15(19)17(26)21-8-14(24)22-11(9-23)7-10-5-6-20-16(10)25;1-7-5-3-2-4-6-7/h1-4,9-11,19H,5-8,18H2,(H,20,25)(H,21,26)(H,22,24);2-6H,1H3. The lowest BCUT2D eigenvalue weighted by Gasteiger charge is -2.16. The number of anilines is 1. The van der Waals surface area contributed by atoms with E-state index in [2.05, 4.69) is 35.0 Å². The maximum absolute atomic E-state index is 12.0. The Morgan fingerprint density at radius 1 is 1.18 bits per heavy atom. The van der Waals surface area contributed by atoms with Crippen molar-refractivity contribution in [3.63, 3.8) is 0 Å². The lowest BCUT2D eigenvalue weighted by Crippen LogP contribution is -2.45. The highest BCUT2D eigenvalue weighted by Gasteiger charge is 2.27. The van der Waals surface area contributed by atoms with Gasteiger partial charge in [-0.3, -0.25) is 19.8 Å². The molecule has 1 aliphatic rings. The molecule has 2 unspecified atom stereocenters. The molecule has 2 aromatic rings. The Morgan fingerprint density at radius 3 is 2.39 bits per heavy atom. The van der Waals surface area contributed by atoms with Crippen molar-refractivity contribution in [2.75, 3.05) is 18.8 Å². The number of benzene rings is 2. The summed E-state index contributed by atoms with van der Waals surface area (Å²) in [6, 6.07) is 15.9. The molecule has 0 aromatic heterocycles. The predicted molar refractivity (Wildman–Crippen MR) is 126 cm³/mol. The van der Waals surface area contributed by atoms with Gasteiger partial charge in [-0.05, 0) is 25.8 Å². The minimum atomic E-state index is -0.808. The number of carbonyl (C=O) groups is 4. The van der Waals surface area contributed by atoms with E-state index in [-0.39, 0.29) is 35.2 Å². The number of hydrogen-bond donors (Lipinski definition) is 5. The van der Waals surface area contributed by atoms with Crippen molar-refractivity contribution < 1.29 is 19.2 Å². The average Bonchev–Trinajstić information content (AvgIpc) is 3.22. The van der Waals surface area contributed by atoms with Crippen LogP contribution >= 0.6 is 0 Å². The van der Waals surface area contributed by atoms with Crippen LogP contribution in [-0.4, -0.2) is 48.9 Å². The highest BCUT2D eigenvalue weighted by Crippen LogP contribution is 2.15. The molecule has 0 bridgehead atoms. The molecule has 1 saturated heterocycles. The van der Waals surface area contributed by atoms with Gasteiger partial charge in [0.25, 0.3) is 5.91 Å². The van der Waals surface area contributed by atoms with Crippen molar-refractivity contribution in [1.29, 1.82) is 5.41 Å². The van der Waals surface area contributed by atoms with Crippen molar-refractivity contribution in [2.24, 2.45) is 5.92 Å². The summed E-state index contributed by atoms with van der Waals surface area (Å²) < 4.78 is 0. The number of aryl methyl sites for hydroxylation is 1. The van der Waals surface area contributed by atoms with E-state index in [0.29, 0.717) is 19.3 Å². The van der Waals surface area contributed by atoms with E-state index < -0.39 is 24.4 Å². The normalized spacial score (nSPS) is 15.3. The first-order valence-corrected chi connectivity index (χ1v) is 10.6. The first-order chi connectivity index (χ1) is 15.8. The van der Waals surface area contributed by atoms with Crippen molar-refractivity contribution in [1.82, 2.24) is 16.0 Å². The van der Waals surface area contributed by atoms with E-state index in [1.807, 2.05) is 18.2 Å². The second kappa shape index (κ2) is 12.7. The second-order valence-electron chi connectivity index (χ2n) is 7.62. The van der Waals surface area contributed by atoms with Crippen LogP contribution in [-0.2, 0) is 19.2 Å². The van der Waals surface area contributed by atoms with Gasteiger partial charge in [-0.1, -0.05) is 54.1 Å². The quantitative estimate of drug-likeness (QED) is 0.230. The third-order valence-electron chi connectivity index (χ3n) is 5.02. The van der Waals surface area contributed by atoms with E-state index in [1.165, 1.54) is 11.6 Å². The molecule has 33 heavy (non-hydrogen) atoms. The van der Waals surface area contributed by atoms with E-state index in [4.69, 9.17) is 11.1 Å². The average molecular weight is 452 g/mol. The Balaban J connectivity index is 0.000000468. The molecule has 3 rings (SSSR count). The monoisotopic (exact) mass is 451 g/mol. The van der Waals surface area contributed by atoms with E-state index in [0.717, 1.165) is 0 Å². The lowest BCUT2D eigenvalue weighted by molar-refractivity contribution is -0.126. The Labute approximate surface area is 192 Å². The van der Waals surface area contributed by atoms with Crippen molar-refractivity contribution in [3.05, 3.63) is 65.7 Å². The fourth-order valence-electron chi connectivity index (χ4n) is 3.21. The fourth-order valence-corrected chi connectivity index (χ4v) is 3.21. The van der Waals surface area contributed by atoms with E-state index in [1.54, 1.807) is 18.2 Å². The molecule has 9 heteroatoms. The first kappa shape index (κ1) is 25.3. The molecular weight excluding hydrogens is 422 g/mol. The van der Waals surface area contributed by atoms with E-state index >= 15 is 0 Å². The summed E-state index contributed by atoms with van der Waals surface area (Å²) in [5, 5.41) is 15.3. The van der Waals surface area contributed by atoms with Gasteiger partial charge in [0.05, 0.1) is 12.6 Å². The summed E-state index contributed by atoms with van der Waals surface area (Å²) in [7, 11) is 0. The highest BCUT2D eigenvalue weighted by molar-refractivity contribution is 6.45. The molecule has 0 radical (unpaired) electrons. The molecule has 1 fully saturated rings. The van der Waals surface area contributed by atoms with Gasteiger partial charge < -0.3 is 26.5 Å². The number of para-hydroxylation sites is 1. The van der Waals surface area contributed by atoms with Crippen LogP contribution in [0, 0.1) is 18.3 Å². The van der Waals surface area contributed by atoms with Crippen LogP contribution in [0.1, 0.15) is 24.0 Å². The van der Waals surface area contributed by atoms with Gasteiger partial charge in [-0.2, -0.15) is 0 Å². The van der Waals surface area contributed by atoms with Crippen LogP contribution in [0.2, 0.25) is 0 Å². The third-order valence-corrected chi connectivity index (χ3v) is 5.02. The predicted octanol–water partition coefficient (Wildman–Crippen LogP) is 0.958. The van der Waals surface area contributed by atoms with Crippen LogP contribution in [0.25, 0.3) is 0 Å². The largest absolute Gasteiger partial charge is 0.398 e. The summed E-state index contributed by atoms with van der Waals surface area (Å²) in [5.74, 6) is -1.78. The molecule has 2 atom stereocenters. The third kappa shape index (κ3) is 8.21. The molecule has 3 amide bonds. The topological polar surface area (TPSA) is 154 Å². The van der Waals surface area contributed by atoms with Crippen molar-refractivity contribution >= 4 is 35.4 Å². The van der Waals surface area contributed by atoms with Crippen LogP contribution in [0.4, 0.5) is 5.69 Å². The molecule has 2 aromatic carbocycles. The summed E-state index contributed by atoms with van der Waals surface area (Å²) in [6.45, 7) is 2.25. The highest BCUT2D eigenvalue weighted by atomic mass is 16.2. The van der Waals surface area contributed by atoms with Gasteiger partial charge in [-0.15, -0.1) is 0 Å². The molecule has 0 saturated carbocycles. The number of rotatable bonds is 8. The molecular formula is C24H29N5O4. The molecule has 9 nitrogen and oxygen atoms in total. The first-order valence-electron chi connectivity index (χ1n) is 10.6. The molecule has 6 N–H and O–H groups in total. The zero-order valence-electron chi connectivity index (χ0n) is 18.5. The Hall–Kier alpha value is -4.01.